The van der Waals surface area contributed by atoms with E-state index < -0.39 is 42.0 Å². The molecule has 1 fully saturated rings. The van der Waals surface area contributed by atoms with Gasteiger partial charge in [-0.2, -0.15) is 0 Å². The number of β-lactam (4-membered cyclic amide) rings is 1. The highest BCUT2D eigenvalue weighted by atomic mass is 35.5. The summed E-state index contributed by atoms with van der Waals surface area (Å²) in [6.07, 6.45) is -2.39. The van der Waals surface area contributed by atoms with Gasteiger partial charge in [0.2, 0.25) is 11.8 Å². The normalized spacial score (nSPS) is 21.8. The second-order valence-corrected chi connectivity index (χ2v) is 8.05. The van der Waals surface area contributed by atoms with Crippen LogP contribution in [0.5, 0.6) is 11.5 Å². The molecule has 0 radical (unpaired) electrons. The Kier molecular flexibility index (Phi) is 5.49. The van der Waals surface area contributed by atoms with Crippen LogP contribution in [0, 0.1) is 5.92 Å². The standard InChI is InChI=1S/C21H17ClF2N2O6/c1-10(12-3-4-14-15(8-12)32-21(23,24)31-14)6-17(27)26-18(20(29)30)13(19(26)28)7-11-2-5-16(22)25-9-11/h2-5,8-10,13,18H,6-7H2,1H3,(H,29,30)/t10-,13+,18-/m0/s1. The zero-order chi connectivity index (χ0) is 23.2. The number of carboxylic acids is 1. The van der Waals surface area contributed by atoms with Crippen molar-refractivity contribution in [2.75, 3.05) is 0 Å². The average Bonchev–Trinajstić information content (AvgIpc) is 3.03. The number of alkyl halides is 2. The van der Waals surface area contributed by atoms with Crippen LogP contribution in [0.1, 0.15) is 30.4 Å². The Morgan fingerprint density at radius 1 is 1.25 bits per heavy atom. The summed E-state index contributed by atoms with van der Waals surface area (Å²) in [5, 5.41) is 9.85. The number of pyridine rings is 1. The van der Waals surface area contributed by atoms with E-state index >= 15 is 0 Å². The van der Waals surface area contributed by atoms with Crippen LogP contribution in [-0.4, -0.2) is 45.1 Å². The monoisotopic (exact) mass is 466 g/mol. The first-order chi connectivity index (χ1) is 15.1. The van der Waals surface area contributed by atoms with Crippen molar-refractivity contribution in [3.05, 3.63) is 52.8 Å². The lowest BCUT2D eigenvalue weighted by molar-refractivity contribution is -0.286. The van der Waals surface area contributed by atoms with E-state index in [0.29, 0.717) is 11.1 Å². The lowest BCUT2D eigenvalue weighted by atomic mass is 9.81. The summed E-state index contributed by atoms with van der Waals surface area (Å²) in [5.41, 5.74) is 1.12. The molecule has 1 aromatic heterocycles. The average molecular weight is 467 g/mol. The van der Waals surface area contributed by atoms with E-state index in [0.717, 1.165) is 4.90 Å². The minimum atomic E-state index is -3.76. The summed E-state index contributed by atoms with van der Waals surface area (Å²) in [5.74, 6) is -4.22. The Balaban J connectivity index is 1.44. The Labute approximate surface area is 185 Å². The number of imide groups is 1. The Morgan fingerprint density at radius 2 is 1.97 bits per heavy atom. The molecule has 8 nitrogen and oxygen atoms in total. The molecule has 0 saturated carbocycles. The van der Waals surface area contributed by atoms with Crippen LogP contribution in [0.2, 0.25) is 5.15 Å². The van der Waals surface area contributed by atoms with Gasteiger partial charge in [-0.25, -0.2) is 9.78 Å². The van der Waals surface area contributed by atoms with Crippen LogP contribution in [0.25, 0.3) is 0 Å². The molecule has 3 atom stereocenters. The van der Waals surface area contributed by atoms with Crippen LogP contribution >= 0.6 is 11.6 Å². The number of halogens is 3. The quantitative estimate of drug-likeness (QED) is 0.514. The summed E-state index contributed by atoms with van der Waals surface area (Å²) < 4.78 is 35.2. The fraction of sp³-hybridized carbons (Fsp3) is 0.333. The van der Waals surface area contributed by atoms with E-state index in [9.17, 15) is 28.3 Å². The number of amides is 2. The molecule has 0 bridgehead atoms. The number of benzene rings is 1. The van der Waals surface area contributed by atoms with Gasteiger partial charge in [-0.3, -0.25) is 14.5 Å². The van der Waals surface area contributed by atoms with Gasteiger partial charge in [0.15, 0.2) is 11.5 Å². The first-order valence-corrected chi connectivity index (χ1v) is 10.0. The van der Waals surface area contributed by atoms with Crippen LogP contribution in [-0.2, 0) is 20.8 Å². The van der Waals surface area contributed by atoms with E-state index in [1.54, 1.807) is 13.0 Å². The number of hydrogen-bond acceptors (Lipinski definition) is 6. The summed E-state index contributed by atoms with van der Waals surface area (Å²) in [6, 6.07) is 6.01. The molecule has 2 amide bonds. The smallest absolute Gasteiger partial charge is 0.480 e. The fourth-order valence-corrected chi connectivity index (χ4v) is 3.95. The Morgan fingerprint density at radius 3 is 2.62 bits per heavy atom. The molecular weight excluding hydrogens is 450 g/mol. The van der Waals surface area contributed by atoms with Crippen molar-refractivity contribution in [3.63, 3.8) is 0 Å². The zero-order valence-corrected chi connectivity index (χ0v) is 17.4. The molecule has 0 spiro atoms. The third-order valence-corrected chi connectivity index (χ3v) is 5.68. The number of rotatable bonds is 6. The minimum Gasteiger partial charge on any atom is -0.480 e. The van der Waals surface area contributed by atoms with Crippen molar-refractivity contribution in [1.82, 2.24) is 9.88 Å². The lowest BCUT2D eigenvalue weighted by Gasteiger charge is -2.43. The second-order valence-electron chi connectivity index (χ2n) is 7.66. The van der Waals surface area contributed by atoms with Crippen molar-refractivity contribution < 1.29 is 37.7 Å². The predicted molar refractivity (Wildman–Crippen MR) is 105 cm³/mol. The maximum atomic E-state index is 13.2. The number of carboxylic acid groups (broad SMARTS) is 1. The van der Waals surface area contributed by atoms with Gasteiger partial charge in [0, 0.05) is 12.6 Å². The molecular formula is C21H17ClF2N2O6. The maximum Gasteiger partial charge on any atom is 0.586 e. The molecule has 4 rings (SSSR count). The minimum absolute atomic E-state index is 0.107. The summed E-state index contributed by atoms with van der Waals surface area (Å²) in [6.45, 7) is 1.66. The lowest BCUT2D eigenvalue weighted by Crippen LogP contribution is -2.66. The third-order valence-electron chi connectivity index (χ3n) is 5.46. The van der Waals surface area contributed by atoms with Crippen molar-refractivity contribution in [2.24, 2.45) is 5.92 Å². The van der Waals surface area contributed by atoms with Crippen LogP contribution < -0.4 is 9.47 Å². The second kappa shape index (κ2) is 8.01. The van der Waals surface area contributed by atoms with E-state index in [1.807, 2.05) is 0 Å². The largest absolute Gasteiger partial charge is 0.586 e. The molecule has 1 N–H and O–H groups in total. The molecule has 2 aliphatic heterocycles. The van der Waals surface area contributed by atoms with E-state index in [2.05, 4.69) is 14.5 Å². The molecule has 168 valence electrons. The first-order valence-electron chi connectivity index (χ1n) is 9.64. The summed E-state index contributed by atoms with van der Waals surface area (Å²) in [7, 11) is 0. The van der Waals surface area contributed by atoms with E-state index in [-0.39, 0.29) is 29.5 Å². The van der Waals surface area contributed by atoms with Crippen LogP contribution in [0.15, 0.2) is 36.5 Å². The van der Waals surface area contributed by atoms with Gasteiger partial charge < -0.3 is 14.6 Å². The number of nitrogens with zero attached hydrogens (tertiary/aromatic N) is 2. The Bertz CT molecular complexity index is 1090. The van der Waals surface area contributed by atoms with Gasteiger partial charge >= 0.3 is 12.3 Å². The number of fused-ring (bicyclic) bond motifs is 1. The van der Waals surface area contributed by atoms with Crippen LogP contribution in [0.4, 0.5) is 8.78 Å². The van der Waals surface area contributed by atoms with Gasteiger partial charge in [-0.05, 0) is 41.7 Å². The number of hydrogen-bond donors (Lipinski definition) is 1. The zero-order valence-electron chi connectivity index (χ0n) is 16.6. The van der Waals surface area contributed by atoms with Gasteiger partial charge in [0.1, 0.15) is 11.2 Å². The number of likely N-dealkylation sites (tertiary alicyclic amines) is 1. The van der Waals surface area contributed by atoms with Gasteiger partial charge in [-0.1, -0.05) is 30.7 Å². The molecule has 11 heteroatoms. The number of ether oxygens (including phenoxy) is 2. The van der Waals surface area contributed by atoms with Crippen molar-refractivity contribution in [1.29, 1.82) is 0 Å². The molecule has 0 unspecified atom stereocenters. The number of carbonyl (C=O) groups is 3. The highest BCUT2D eigenvalue weighted by Gasteiger charge is 2.54. The summed E-state index contributed by atoms with van der Waals surface area (Å²) >= 11 is 5.74. The number of aliphatic carboxylic acids is 1. The third kappa shape index (κ3) is 4.10. The molecule has 1 saturated heterocycles. The molecule has 32 heavy (non-hydrogen) atoms. The van der Waals surface area contributed by atoms with Crippen LogP contribution in [0.3, 0.4) is 0 Å². The number of carbonyl (C=O) groups excluding carboxylic acids is 2. The maximum absolute atomic E-state index is 13.2. The van der Waals surface area contributed by atoms with E-state index in [4.69, 9.17) is 11.6 Å². The Hall–Kier alpha value is -3.27. The number of aromatic nitrogens is 1. The predicted octanol–water partition coefficient (Wildman–Crippen LogP) is 3.23. The fourth-order valence-electron chi connectivity index (χ4n) is 3.84. The van der Waals surface area contributed by atoms with Crippen molar-refractivity contribution >= 4 is 29.4 Å². The van der Waals surface area contributed by atoms with Crippen molar-refractivity contribution in [2.45, 2.75) is 38.0 Å². The van der Waals surface area contributed by atoms with Gasteiger partial charge in [0.05, 0.1) is 5.92 Å². The molecule has 2 aliphatic rings. The van der Waals surface area contributed by atoms with Crippen molar-refractivity contribution in [3.8, 4) is 11.5 Å². The van der Waals surface area contributed by atoms with Gasteiger partial charge in [0.25, 0.3) is 0 Å². The highest BCUT2D eigenvalue weighted by Crippen LogP contribution is 2.42. The van der Waals surface area contributed by atoms with E-state index in [1.165, 1.54) is 30.5 Å². The van der Waals surface area contributed by atoms with Gasteiger partial charge in [-0.15, -0.1) is 8.78 Å². The molecule has 1 aromatic carbocycles. The molecule has 0 aliphatic carbocycles. The summed E-state index contributed by atoms with van der Waals surface area (Å²) in [4.78, 5) is 41.8. The molecule has 2 aromatic rings. The first kappa shape index (κ1) is 21.9. The topological polar surface area (TPSA) is 106 Å². The molecule has 3 heterocycles. The SMILES string of the molecule is C[C@@H](CC(=O)N1C(=O)[C@H](Cc2ccc(Cl)nc2)[C@H]1C(=O)O)c1ccc2c(c1)OC(F)(F)O2. The highest BCUT2D eigenvalue weighted by molar-refractivity contribution is 6.29.